The smallest absolute Gasteiger partial charge is 0.310 e. The molecule has 0 saturated carbocycles. The molecule has 0 atom stereocenters. The monoisotopic (exact) mass is 390 g/mol. The van der Waals surface area contributed by atoms with E-state index in [1.165, 1.54) is 46.6 Å². The average Bonchev–Trinajstić information content (AvgIpc) is 2.70. The molecule has 150 valence electrons. The first kappa shape index (κ1) is 20.9. The largest absolute Gasteiger partial charge is 0.504 e. The fourth-order valence-electron chi connectivity index (χ4n) is 2.55. The molecule has 2 rings (SSSR count). The average molecular weight is 390 g/mol. The number of methoxy groups -OCH3 is 4. The zero-order chi connectivity index (χ0) is 20.7. The molecular weight excluding hydrogens is 368 g/mol. The number of hydrogen-bond donors (Lipinski definition) is 1. The van der Waals surface area contributed by atoms with E-state index in [0.29, 0.717) is 22.8 Å². The maximum absolute atomic E-state index is 12.2. The van der Waals surface area contributed by atoms with Crippen LogP contribution in [0, 0.1) is 0 Å². The third-order valence-electron chi connectivity index (χ3n) is 3.94. The van der Waals surface area contributed by atoms with Crippen LogP contribution in [0.1, 0.15) is 15.9 Å². The van der Waals surface area contributed by atoms with Crippen molar-refractivity contribution in [3.8, 4) is 28.7 Å². The van der Waals surface area contributed by atoms with Crippen molar-refractivity contribution in [3.63, 3.8) is 0 Å². The quantitative estimate of drug-likeness (QED) is 0.515. The first-order valence-electron chi connectivity index (χ1n) is 8.28. The van der Waals surface area contributed by atoms with Crippen LogP contribution in [0.5, 0.6) is 28.7 Å². The number of ketones is 1. The zero-order valence-corrected chi connectivity index (χ0v) is 16.1. The Morgan fingerprint density at radius 2 is 1.46 bits per heavy atom. The van der Waals surface area contributed by atoms with Gasteiger partial charge in [0.15, 0.2) is 35.4 Å². The molecule has 0 radical (unpaired) electrons. The minimum atomic E-state index is -0.597. The first-order chi connectivity index (χ1) is 13.4. The summed E-state index contributed by atoms with van der Waals surface area (Å²) in [5, 5.41) is 9.74. The van der Waals surface area contributed by atoms with Crippen LogP contribution in [0.4, 0.5) is 0 Å². The molecule has 8 heteroatoms. The van der Waals surface area contributed by atoms with E-state index in [9.17, 15) is 14.7 Å². The molecule has 8 nitrogen and oxygen atoms in total. The van der Waals surface area contributed by atoms with E-state index in [-0.39, 0.29) is 23.5 Å². The van der Waals surface area contributed by atoms with Crippen LogP contribution in [0.25, 0.3) is 0 Å². The lowest BCUT2D eigenvalue weighted by atomic mass is 10.1. The second kappa shape index (κ2) is 9.50. The Morgan fingerprint density at radius 3 is 1.96 bits per heavy atom. The molecule has 0 amide bonds. The lowest BCUT2D eigenvalue weighted by Gasteiger charge is -2.14. The van der Waals surface area contributed by atoms with Crippen molar-refractivity contribution in [2.75, 3.05) is 35.0 Å². The second-order valence-corrected chi connectivity index (χ2v) is 5.68. The molecule has 2 aromatic rings. The molecule has 2 aromatic carbocycles. The SMILES string of the molecule is COc1ccc(C(=O)COC(=O)Cc2cc(OC)c(OC)c(OC)c2)cc1O. The van der Waals surface area contributed by atoms with Crippen LogP contribution in [0.15, 0.2) is 30.3 Å². The van der Waals surface area contributed by atoms with E-state index < -0.39 is 18.4 Å². The zero-order valence-electron chi connectivity index (χ0n) is 16.1. The van der Waals surface area contributed by atoms with Gasteiger partial charge in [0.25, 0.3) is 0 Å². The van der Waals surface area contributed by atoms with Crippen LogP contribution in [-0.2, 0) is 16.0 Å². The Kier molecular flexibility index (Phi) is 7.08. The summed E-state index contributed by atoms with van der Waals surface area (Å²) in [6.07, 6.45) is -0.0855. The molecule has 28 heavy (non-hydrogen) atoms. The molecule has 0 spiro atoms. The van der Waals surface area contributed by atoms with E-state index in [1.54, 1.807) is 12.1 Å². The topological polar surface area (TPSA) is 101 Å². The number of aromatic hydroxyl groups is 1. The summed E-state index contributed by atoms with van der Waals surface area (Å²) in [6, 6.07) is 7.46. The summed E-state index contributed by atoms with van der Waals surface area (Å²) in [6.45, 7) is -0.449. The Morgan fingerprint density at radius 1 is 0.857 bits per heavy atom. The Labute approximate surface area is 162 Å². The molecule has 0 heterocycles. The van der Waals surface area contributed by atoms with E-state index in [0.717, 1.165) is 0 Å². The van der Waals surface area contributed by atoms with E-state index >= 15 is 0 Å². The predicted molar refractivity (Wildman–Crippen MR) is 99.8 cm³/mol. The van der Waals surface area contributed by atoms with Gasteiger partial charge in [0.2, 0.25) is 5.75 Å². The summed E-state index contributed by atoms with van der Waals surface area (Å²) >= 11 is 0. The highest BCUT2D eigenvalue weighted by Crippen LogP contribution is 2.38. The van der Waals surface area contributed by atoms with Gasteiger partial charge in [-0.05, 0) is 35.9 Å². The molecule has 0 bridgehead atoms. The Balaban J connectivity index is 2.02. The standard InChI is InChI=1S/C20H22O8/c1-24-16-6-5-13(10-14(16)21)15(22)11-28-19(23)9-12-7-17(25-2)20(27-4)18(8-12)26-3/h5-8,10,21H,9,11H2,1-4H3. The van der Waals surface area contributed by atoms with Crippen molar-refractivity contribution < 1.29 is 38.4 Å². The number of benzene rings is 2. The third-order valence-corrected chi connectivity index (χ3v) is 3.94. The molecule has 0 aromatic heterocycles. The normalized spacial score (nSPS) is 10.1. The van der Waals surface area contributed by atoms with Gasteiger partial charge in [-0.15, -0.1) is 0 Å². The molecule has 0 fully saturated rings. The fraction of sp³-hybridized carbons (Fsp3) is 0.300. The van der Waals surface area contributed by atoms with Gasteiger partial charge >= 0.3 is 5.97 Å². The maximum Gasteiger partial charge on any atom is 0.310 e. The van der Waals surface area contributed by atoms with E-state index in [2.05, 4.69) is 0 Å². The number of ether oxygens (including phenoxy) is 5. The molecule has 1 N–H and O–H groups in total. The van der Waals surface area contributed by atoms with Crippen LogP contribution < -0.4 is 18.9 Å². The van der Waals surface area contributed by atoms with E-state index in [4.69, 9.17) is 23.7 Å². The lowest BCUT2D eigenvalue weighted by Crippen LogP contribution is -2.16. The number of esters is 1. The highest BCUT2D eigenvalue weighted by Gasteiger charge is 2.17. The van der Waals surface area contributed by atoms with Crippen molar-refractivity contribution in [1.82, 2.24) is 0 Å². The lowest BCUT2D eigenvalue weighted by molar-refractivity contribution is -0.141. The number of hydrogen-bond acceptors (Lipinski definition) is 8. The number of carbonyl (C=O) groups is 2. The minimum Gasteiger partial charge on any atom is -0.504 e. The van der Waals surface area contributed by atoms with Gasteiger partial charge in [0.1, 0.15) is 0 Å². The summed E-state index contributed by atoms with van der Waals surface area (Å²) in [4.78, 5) is 24.3. The molecule has 0 unspecified atom stereocenters. The maximum atomic E-state index is 12.2. The van der Waals surface area contributed by atoms with Gasteiger partial charge in [-0.2, -0.15) is 0 Å². The van der Waals surface area contributed by atoms with E-state index in [1.807, 2.05) is 0 Å². The van der Waals surface area contributed by atoms with Crippen molar-refractivity contribution in [2.45, 2.75) is 6.42 Å². The van der Waals surface area contributed by atoms with Gasteiger partial charge in [0, 0.05) is 5.56 Å². The van der Waals surface area contributed by atoms with Gasteiger partial charge in [-0.1, -0.05) is 0 Å². The van der Waals surface area contributed by atoms with Gasteiger partial charge in [0.05, 0.1) is 34.9 Å². The summed E-state index contributed by atoms with van der Waals surface area (Å²) in [5.41, 5.74) is 0.785. The third kappa shape index (κ3) is 4.85. The van der Waals surface area contributed by atoms with Crippen molar-refractivity contribution in [2.24, 2.45) is 0 Å². The molecule has 0 aliphatic carbocycles. The van der Waals surface area contributed by atoms with Gasteiger partial charge < -0.3 is 28.8 Å². The van der Waals surface area contributed by atoms with Crippen molar-refractivity contribution >= 4 is 11.8 Å². The van der Waals surface area contributed by atoms with Crippen LogP contribution >= 0.6 is 0 Å². The highest BCUT2D eigenvalue weighted by atomic mass is 16.5. The van der Waals surface area contributed by atoms with Crippen molar-refractivity contribution in [3.05, 3.63) is 41.5 Å². The molecule has 0 aliphatic heterocycles. The summed E-state index contributed by atoms with van der Waals surface area (Å²) < 4.78 is 25.7. The number of phenolic OH excluding ortho intramolecular Hbond substituents is 1. The van der Waals surface area contributed by atoms with Crippen LogP contribution in [-0.4, -0.2) is 51.9 Å². The summed E-state index contributed by atoms with van der Waals surface area (Å²) in [5.74, 6) is 0.269. The highest BCUT2D eigenvalue weighted by molar-refractivity contribution is 5.98. The number of Topliss-reactive ketones (excluding diaryl/α,β-unsaturated/α-hetero) is 1. The van der Waals surface area contributed by atoms with Crippen LogP contribution in [0.3, 0.4) is 0 Å². The second-order valence-electron chi connectivity index (χ2n) is 5.68. The van der Waals surface area contributed by atoms with Crippen molar-refractivity contribution in [1.29, 1.82) is 0 Å². The number of phenols is 1. The number of carbonyl (C=O) groups excluding carboxylic acids is 2. The van der Waals surface area contributed by atoms with Gasteiger partial charge in [-0.25, -0.2) is 0 Å². The first-order valence-corrected chi connectivity index (χ1v) is 8.28. The predicted octanol–water partition coefficient (Wildman–Crippen LogP) is 2.40. The molecule has 0 saturated heterocycles. The number of rotatable bonds is 9. The Bertz CT molecular complexity index is 834. The van der Waals surface area contributed by atoms with Crippen LogP contribution in [0.2, 0.25) is 0 Å². The summed E-state index contributed by atoms with van der Waals surface area (Å²) in [7, 11) is 5.84. The molecular formula is C20H22O8. The Hall–Kier alpha value is -3.42. The van der Waals surface area contributed by atoms with Gasteiger partial charge in [-0.3, -0.25) is 9.59 Å². The molecule has 0 aliphatic rings. The minimum absolute atomic E-state index is 0.0855. The fourth-order valence-corrected chi connectivity index (χ4v) is 2.55.